The first-order chi connectivity index (χ1) is 13.8. The molecular weight excluding hydrogens is 440 g/mol. The molecule has 0 radical (unpaired) electrons. The van der Waals surface area contributed by atoms with Crippen LogP contribution in [0.1, 0.15) is 34.8 Å². The van der Waals surface area contributed by atoms with Gasteiger partial charge in [0, 0.05) is 23.7 Å². The molecule has 1 unspecified atom stereocenters. The zero-order valence-electron chi connectivity index (χ0n) is 15.9. The summed E-state index contributed by atoms with van der Waals surface area (Å²) >= 11 is 3.36. The third-order valence-electron chi connectivity index (χ3n) is 4.53. The second kappa shape index (κ2) is 8.91. The predicted octanol–water partition coefficient (Wildman–Crippen LogP) is 5.36. The van der Waals surface area contributed by atoms with Crippen molar-refractivity contribution in [1.29, 1.82) is 0 Å². The van der Waals surface area contributed by atoms with Crippen LogP contribution in [0, 0.1) is 10.1 Å². The molecule has 1 amide bonds. The van der Waals surface area contributed by atoms with Crippen LogP contribution < -0.4 is 4.74 Å². The molecule has 0 N–H and O–H groups in total. The molecule has 3 rings (SSSR count). The van der Waals surface area contributed by atoms with Gasteiger partial charge in [0.1, 0.15) is 18.1 Å². The van der Waals surface area contributed by atoms with Gasteiger partial charge in [0.05, 0.1) is 11.0 Å². The van der Waals surface area contributed by atoms with Crippen molar-refractivity contribution in [3.8, 4) is 5.75 Å². The standard InChI is InChI=1S/C21H19BrN2O5/c1-14(15-4-3-5-17(12-15)24(26)27)23(2)21(25)20-11-10-19(29-20)13-28-18-8-6-16(22)7-9-18/h3-12,14H,13H2,1-2H3. The summed E-state index contributed by atoms with van der Waals surface area (Å²) in [4.78, 5) is 24.8. The minimum atomic E-state index is -0.456. The van der Waals surface area contributed by atoms with Gasteiger partial charge in [-0.2, -0.15) is 0 Å². The van der Waals surface area contributed by atoms with Gasteiger partial charge in [0.25, 0.3) is 11.6 Å². The van der Waals surface area contributed by atoms with Crippen LogP contribution in [0.15, 0.2) is 69.6 Å². The van der Waals surface area contributed by atoms with E-state index in [1.165, 1.54) is 17.0 Å². The molecule has 3 aromatic rings. The smallest absolute Gasteiger partial charge is 0.289 e. The molecule has 29 heavy (non-hydrogen) atoms. The highest BCUT2D eigenvalue weighted by atomic mass is 79.9. The molecule has 0 saturated carbocycles. The van der Waals surface area contributed by atoms with Gasteiger partial charge >= 0.3 is 0 Å². The molecule has 0 spiro atoms. The average molecular weight is 459 g/mol. The summed E-state index contributed by atoms with van der Waals surface area (Å²) in [6, 6.07) is 16.6. The molecule has 2 aromatic carbocycles. The number of hydrogen-bond acceptors (Lipinski definition) is 5. The number of halogens is 1. The molecule has 150 valence electrons. The van der Waals surface area contributed by atoms with Crippen molar-refractivity contribution in [3.05, 3.63) is 92.3 Å². The number of nitrogens with zero attached hydrogens (tertiary/aromatic N) is 2. The van der Waals surface area contributed by atoms with Crippen LogP contribution in [0.5, 0.6) is 5.75 Å². The Morgan fingerprint density at radius 2 is 1.93 bits per heavy atom. The van der Waals surface area contributed by atoms with E-state index in [9.17, 15) is 14.9 Å². The molecule has 7 nitrogen and oxygen atoms in total. The fourth-order valence-electron chi connectivity index (χ4n) is 2.73. The number of furan rings is 1. The molecule has 0 bridgehead atoms. The average Bonchev–Trinajstić information content (AvgIpc) is 3.21. The predicted molar refractivity (Wildman–Crippen MR) is 111 cm³/mol. The van der Waals surface area contributed by atoms with E-state index < -0.39 is 4.92 Å². The summed E-state index contributed by atoms with van der Waals surface area (Å²) in [7, 11) is 1.63. The van der Waals surface area contributed by atoms with Crippen molar-refractivity contribution in [2.24, 2.45) is 0 Å². The first-order valence-corrected chi connectivity index (χ1v) is 9.63. The number of hydrogen-bond donors (Lipinski definition) is 0. The molecule has 0 saturated heterocycles. The number of benzene rings is 2. The van der Waals surface area contributed by atoms with Crippen molar-refractivity contribution >= 4 is 27.5 Å². The number of nitro groups is 1. The van der Waals surface area contributed by atoms with E-state index in [1.807, 2.05) is 24.3 Å². The van der Waals surface area contributed by atoms with E-state index in [1.54, 1.807) is 38.2 Å². The number of nitro benzene ring substituents is 1. The van der Waals surface area contributed by atoms with Crippen LogP contribution in [0.2, 0.25) is 0 Å². The Kier molecular flexibility index (Phi) is 6.33. The molecule has 0 fully saturated rings. The van der Waals surface area contributed by atoms with Crippen molar-refractivity contribution < 1.29 is 18.9 Å². The van der Waals surface area contributed by atoms with Gasteiger partial charge in [-0.15, -0.1) is 0 Å². The molecule has 1 heterocycles. The second-order valence-electron chi connectivity index (χ2n) is 6.45. The number of carbonyl (C=O) groups is 1. The molecular formula is C21H19BrN2O5. The monoisotopic (exact) mass is 458 g/mol. The Morgan fingerprint density at radius 3 is 2.62 bits per heavy atom. The topological polar surface area (TPSA) is 85.8 Å². The Labute approximate surface area is 176 Å². The van der Waals surface area contributed by atoms with Gasteiger partial charge < -0.3 is 14.1 Å². The van der Waals surface area contributed by atoms with Gasteiger partial charge in [0.2, 0.25) is 0 Å². The summed E-state index contributed by atoms with van der Waals surface area (Å²) in [6.45, 7) is 2.00. The maximum atomic E-state index is 12.8. The SMILES string of the molecule is CC(c1cccc([N+](=O)[O-])c1)N(C)C(=O)c1ccc(COc2ccc(Br)cc2)o1. The zero-order valence-corrected chi connectivity index (χ0v) is 17.5. The summed E-state index contributed by atoms with van der Waals surface area (Å²) in [5.41, 5.74) is 0.654. The summed E-state index contributed by atoms with van der Waals surface area (Å²) in [5.74, 6) is 1.07. The van der Waals surface area contributed by atoms with Gasteiger partial charge in [-0.25, -0.2) is 0 Å². The van der Waals surface area contributed by atoms with E-state index in [2.05, 4.69) is 15.9 Å². The number of carbonyl (C=O) groups excluding carboxylic acids is 1. The van der Waals surface area contributed by atoms with E-state index in [-0.39, 0.29) is 30.0 Å². The Hall–Kier alpha value is -3.13. The van der Waals surface area contributed by atoms with Crippen LogP contribution in [0.25, 0.3) is 0 Å². The highest BCUT2D eigenvalue weighted by Crippen LogP contribution is 2.25. The van der Waals surface area contributed by atoms with E-state index >= 15 is 0 Å². The number of non-ortho nitro benzene ring substituents is 1. The molecule has 0 aliphatic rings. The quantitative estimate of drug-likeness (QED) is 0.351. The third-order valence-corrected chi connectivity index (χ3v) is 5.06. The molecule has 1 aromatic heterocycles. The number of amides is 1. The fraction of sp³-hybridized carbons (Fsp3) is 0.190. The lowest BCUT2D eigenvalue weighted by molar-refractivity contribution is -0.384. The van der Waals surface area contributed by atoms with Gasteiger partial charge in [-0.05, 0) is 48.9 Å². The largest absolute Gasteiger partial charge is 0.486 e. The molecule has 1 atom stereocenters. The van der Waals surface area contributed by atoms with Gasteiger partial charge in [-0.1, -0.05) is 28.1 Å². The lowest BCUT2D eigenvalue weighted by Crippen LogP contribution is -2.29. The zero-order chi connectivity index (χ0) is 21.0. The lowest BCUT2D eigenvalue weighted by Gasteiger charge is -2.24. The third kappa shape index (κ3) is 5.03. The minimum Gasteiger partial charge on any atom is -0.486 e. The fourth-order valence-corrected chi connectivity index (χ4v) is 2.99. The Balaban J connectivity index is 1.66. The second-order valence-corrected chi connectivity index (χ2v) is 7.37. The van der Waals surface area contributed by atoms with Crippen molar-refractivity contribution in [3.63, 3.8) is 0 Å². The first kappa shape index (κ1) is 20.6. The Morgan fingerprint density at radius 1 is 1.21 bits per heavy atom. The van der Waals surface area contributed by atoms with Crippen molar-refractivity contribution in [2.75, 3.05) is 7.05 Å². The maximum Gasteiger partial charge on any atom is 0.289 e. The minimum absolute atomic E-state index is 0.0134. The molecule has 0 aliphatic carbocycles. The van der Waals surface area contributed by atoms with Crippen LogP contribution in [-0.4, -0.2) is 22.8 Å². The highest BCUT2D eigenvalue weighted by Gasteiger charge is 2.23. The summed E-state index contributed by atoms with van der Waals surface area (Å²) in [5, 5.41) is 11.0. The maximum absolute atomic E-state index is 12.8. The summed E-state index contributed by atoms with van der Waals surface area (Å²) < 4.78 is 12.2. The number of ether oxygens (including phenoxy) is 1. The highest BCUT2D eigenvalue weighted by molar-refractivity contribution is 9.10. The molecule has 8 heteroatoms. The normalized spacial score (nSPS) is 11.7. The van der Waals surface area contributed by atoms with Gasteiger partial charge in [-0.3, -0.25) is 14.9 Å². The van der Waals surface area contributed by atoms with Crippen LogP contribution in [0.3, 0.4) is 0 Å². The van der Waals surface area contributed by atoms with Crippen LogP contribution >= 0.6 is 15.9 Å². The van der Waals surface area contributed by atoms with E-state index in [0.717, 1.165) is 4.47 Å². The van der Waals surface area contributed by atoms with E-state index in [4.69, 9.17) is 9.15 Å². The first-order valence-electron chi connectivity index (χ1n) is 8.83. The number of rotatable bonds is 7. The summed E-state index contributed by atoms with van der Waals surface area (Å²) in [6.07, 6.45) is 0. The van der Waals surface area contributed by atoms with Crippen molar-refractivity contribution in [2.45, 2.75) is 19.6 Å². The molecule has 0 aliphatic heterocycles. The van der Waals surface area contributed by atoms with E-state index in [0.29, 0.717) is 17.1 Å². The van der Waals surface area contributed by atoms with Crippen molar-refractivity contribution in [1.82, 2.24) is 4.90 Å². The van der Waals surface area contributed by atoms with Crippen LogP contribution in [0.4, 0.5) is 5.69 Å². The van der Waals surface area contributed by atoms with Crippen LogP contribution in [-0.2, 0) is 6.61 Å². The van der Waals surface area contributed by atoms with Gasteiger partial charge in [0.15, 0.2) is 5.76 Å². The Bertz CT molecular complexity index is 1020. The lowest BCUT2D eigenvalue weighted by atomic mass is 10.1.